The van der Waals surface area contributed by atoms with Gasteiger partial charge in [0.05, 0.1) is 13.2 Å². The van der Waals surface area contributed by atoms with Crippen LogP contribution < -0.4 is 0 Å². The van der Waals surface area contributed by atoms with Gasteiger partial charge in [0.25, 0.3) is 0 Å². The SMILES string of the molecule is OC[C@@H]1O[C@](O)(CO)[C@@H](O)[C@H](O)[C@H]1O. The Hall–Kier alpha value is -0.280. The van der Waals surface area contributed by atoms with Crippen LogP contribution in [0.4, 0.5) is 0 Å². The first-order chi connectivity index (χ1) is 6.46. The summed E-state index contributed by atoms with van der Waals surface area (Å²) in [7, 11) is 0. The fourth-order valence-corrected chi connectivity index (χ4v) is 1.35. The van der Waals surface area contributed by atoms with Crippen molar-refractivity contribution < 1.29 is 35.4 Å². The van der Waals surface area contributed by atoms with Gasteiger partial charge in [-0.05, 0) is 0 Å². The van der Waals surface area contributed by atoms with Crippen LogP contribution in [0.15, 0.2) is 0 Å². The Morgan fingerprint density at radius 3 is 2.07 bits per heavy atom. The van der Waals surface area contributed by atoms with E-state index in [0.29, 0.717) is 0 Å². The highest BCUT2D eigenvalue weighted by molar-refractivity contribution is 4.95. The van der Waals surface area contributed by atoms with E-state index in [1.807, 2.05) is 0 Å². The second kappa shape index (κ2) is 4.07. The molecule has 0 aromatic heterocycles. The molecule has 1 aliphatic rings. The van der Waals surface area contributed by atoms with Gasteiger partial charge in [0.15, 0.2) is 0 Å². The van der Waals surface area contributed by atoms with Crippen molar-refractivity contribution in [2.75, 3.05) is 13.2 Å². The molecule has 1 aliphatic heterocycles. The summed E-state index contributed by atoms with van der Waals surface area (Å²) in [4.78, 5) is 0. The second-order valence-corrected chi connectivity index (χ2v) is 3.27. The predicted octanol–water partition coefficient (Wildman–Crippen LogP) is -3.86. The maximum Gasteiger partial charge on any atom is 0.219 e. The summed E-state index contributed by atoms with van der Waals surface area (Å²) in [5.74, 6) is -2.36. The number of aliphatic hydroxyl groups is 6. The van der Waals surface area contributed by atoms with Gasteiger partial charge in [-0.1, -0.05) is 0 Å². The molecule has 0 saturated carbocycles. The highest BCUT2D eigenvalue weighted by Gasteiger charge is 2.52. The molecule has 6 N–H and O–H groups in total. The Bertz CT molecular complexity index is 196. The van der Waals surface area contributed by atoms with E-state index in [4.69, 9.17) is 10.2 Å². The van der Waals surface area contributed by atoms with Gasteiger partial charge in [0.2, 0.25) is 5.79 Å². The largest absolute Gasteiger partial charge is 0.394 e. The maximum absolute atomic E-state index is 9.43. The molecule has 1 rings (SSSR count). The Morgan fingerprint density at radius 2 is 1.64 bits per heavy atom. The molecule has 0 amide bonds. The molecule has 7 heteroatoms. The van der Waals surface area contributed by atoms with Crippen LogP contribution in [0.25, 0.3) is 0 Å². The van der Waals surface area contributed by atoms with E-state index in [-0.39, 0.29) is 0 Å². The van der Waals surface area contributed by atoms with E-state index in [2.05, 4.69) is 4.74 Å². The molecule has 0 aromatic carbocycles. The summed E-state index contributed by atoms with van der Waals surface area (Å²) in [6.45, 7) is -1.60. The molecule has 84 valence electrons. The predicted molar refractivity (Wildman–Crippen MR) is 42.0 cm³/mol. The van der Waals surface area contributed by atoms with Gasteiger partial charge in [0.1, 0.15) is 24.4 Å². The van der Waals surface area contributed by atoms with Crippen LogP contribution in [-0.2, 0) is 4.74 Å². The third kappa shape index (κ3) is 1.75. The minimum absolute atomic E-state index is 0.646. The molecular formula is C7H14O7. The van der Waals surface area contributed by atoms with Crippen LogP contribution in [0.5, 0.6) is 0 Å². The third-order valence-corrected chi connectivity index (χ3v) is 2.28. The molecule has 1 heterocycles. The molecule has 14 heavy (non-hydrogen) atoms. The molecular weight excluding hydrogens is 196 g/mol. The van der Waals surface area contributed by atoms with Crippen LogP contribution in [0, 0.1) is 0 Å². The van der Waals surface area contributed by atoms with Crippen molar-refractivity contribution in [1.82, 2.24) is 0 Å². The molecule has 1 saturated heterocycles. The molecule has 5 atom stereocenters. The van der Waals surface area contributed by atoms with Gasteiger partial charge in [-0.25, -0.2) is 0 Å². The summed E-state index contributed by atoms with van der Waals surface area (Å²) in [6.07, 6.45) is -6.27. The maximum atomic E-state index is 9.43. The zero-order valence-electron chi connectivity index (χ0n) is 7.32. The average molecular weight is 210 g/mol. The second-order valence-electron chi connectivity index (χ2n) is 3.27. The van der Waals surface area contributed by atoms with Gasteiger partial charge < -0.3 is 35.4 Å². The van der Waals surface area contributed by atoms with Crippen molar-refractivity contribution >= 4 is 0 Å². The number of aliphatic hydroxyl groups excluding tert-OH is 5. The van der Waals surface area contributed by atoms with Crippen LogP contribution in [-0.4, -0.2) is 74.1 Å². The highest BCUT2D eigenvalue weighted by atomic mass is 16.7. The van der Waals surface area contributed by atoms with E-state index >= 15 is 0 Å². The summed E-state index contributed by atoms with van der Waals surface area (Å²) in [5, 5.41) is 54.6. The molecule has 0 bridgehead atoms. The normalized spacial score (nSPS) is 49.3. The lowest BCUT2D eigenvalue weighted by molar-refractivity contribution is -0.357. The van der Waals surface area contributed by atoms with E-state index < -0.39 is 43.4 Å². The first-order valence-electron chi connectivity index (χ1n) is 4.12. The lowest BCUT2D eigenvalue weighted by atomic mass is 9.93. The van der Waals surface area contributed by atoms with Crippen molar-refractivity contribution in [3.63, 3.8) is 0 Å². The average Bonchev–Trinajstić information content (AvgIpc) is 2.20. The standard InChI is InChI=1S/C7H14O7/c8-1-3-4(10)5(11)6(12)7(13,2-9)14-3/h3-6,8-13H,1-2H2/t3-,4-,5+,6-,7+/m0/s1. The monoisotopic (exact) mass is 210 g/mol. The van der Waals surface area contributed by atoms with Crippen molar-refractivity contribution in [1.29, 1.82) is 0 Å². The molecule has 0 aliphatic carbocycles. The summed E-state index contributed by atoms with van der Waals surface area (Å²) in [5.41, 5.74) is 0. The first kappa shape index (κ1) is 11.8. The number of ether oxygens (including phenoxy) is 1. The van der Waals surface area contributed by atoms with E-state index in [0.717, 1.165) is 0 Å². The molecule has 0 radical (unpaired) electrons. The summed E-state index contributed by atoms with van der Waals surface area (Å²) in [6, 6.07) is 0. The van der Waals surface area contributed by atoms with Gasteiger partial charge in [-0.2, -0.15) is 0 Å². The molecule has 1 fully saturated rings. The Kier molecular flexibility index (Phi) is 3.43. The lowest BCUT2D eigenvalue weighted by Gasteiger charge is -2.44. The van der Waals surface area contributed by atoms with Gasteiger partial charge in [-0.3, -0.25) is 0 Å². The van der Waals surface area contributed by atoms with Crippen LogP contribution in [0.3, 0.4) is 0 Å². The minimum Gasteiger partial charge on any atom is -0.394 e. The number of hydrogen-bond donors (Lipinski definition) is 6. The topological polar surface area (TPSA) is 131 Å². The summed E-state index contributed by atoms with van der Waals surface area (Å²) >= 11 is 0. The number of hydrogen-bond acceptors (Lipinski definition) is 7. The molecule has 7 nitrogen and oxygen atoms in total. The van der Waals surface area contributed by atoms with Gasteiger partial charge in [0, 0.05) is 0 Å². The lowest BCUT2D eigenvalue weighted by Crippen LogP contribution is -2.66. The molecule has 0 spiro atoms. The van der Waals surface area contributed by atoms with Crippen LogP contribution in [0.2, 0.25) is 0 Å². The Morgan fingerprint density at radius 1 is 1.07 bits per heavy atom. The third-order valence-electron chi connectivity index (χ3n) is 2.28. The highest BCUT2D eigenvalue weighted by Crippen LogP contribution is 2.27. The quantitative estimate of drug-likeness (QED) is 0.275. The van der Waals surface area contributed by atoms with Crippen molar-refractivity contribution in [2.24, 2.45) is 0 Å². The van der Waals surface area contributed by atoms with Gasteiger partial charge in [-0.15, -0.1) is 0 Å². The van der Waals surface area contributed by atoms with E-state index in [1.165, 1.54) is 0 Å². The molecule has 0 aromatic rings. The zero-order valence-corrected chi connectivity index (χ0v) is 7.32. The molecule has 0 unspecified atom stereocenters. The fraction of sp³-hybridized carbons (Fsp3) is 1.00. The summed E-state index contributed by atoms with van der Waals surface area (Å²) < 4.78 is 4.66. The van der Waals surface area contributed by atoms with Crippen molar-refractivity contribution in [3.8, 4) is 0 Å². The smallest absolute Gasteiger partial charge is 0.219 e. The Labute approximate surface area is 79.8 Å². The fourth-order valence-electron chi connectivity index (χ4n) is 1.35. The Balaban J connectivity index is 2.84. The minimum atomic E-state index is -2.36. The number of rotatable bonds is 2. The van der Waals surface area contributed by atoms with E-state index in [1.54, 1.807) is 0 Å². The zero-order chi connectivity index (χ0) is 10.9. The van der Waals surface area contributed by atoms with Crippen LogP contribution >= 0.6 is 0 Å². The van der Waals surface area contributed by atoms with Crippen molar-refractivity contribution in [2.45, 2.75) is 30.2 Å². The van der Waals surface area contributed by atoms with E-state index in [9.17, 15) is 20.4 Å². The van der Waals surface area contributed by atoms with Crippen molar-refractivity contribution in [3.05, 3.63) is 0 Å². The van der Waals surface area contributed by atoms with Gasteiger partial charge >= 0.3 is 0 Å². The first-order valence-corrected chi connectivity index (χ1v) is 4.12. The van der Waals surface area contributed by atoms with Crippen LogP contribution in [0.1, 0.15) is 0 Å².